The number of nitrogens with one attached hydrogen (secondary N) is 2. The molecule has 6 heteroatoms. The van der Waals surface area contributed by atoms with Gasteiger partial charge in [-0.15, -0.1) is 0 Å². The zero-order valence-electron chi connectivity index (χ0n) is 13.8. The van der Waals surface area contributed by atoms with Gasteiger partial charge in [0, 0.05) is 23.1 Å². The number of benzene rings is 2. The Bertz CT molecular complexity index is 853. The molecule has 0 saturated heterocycles. The number of para-hydroxylation sites is 1. The van der Waals surface area contributed by atoms with E-state index in [1.165, 1.54) is 6.33 Å². The number of carbonyl (C=O) groups excluding carboxylic acids is 1. The molecule has 0 aliphatic rings. The van der Waals surface area contributed by atoms with Gasteiger partial charge in [-0.2, -0.15) is 0 Å². The van der Waals surface area contributed by atoms with Gasteiger partial charge in [-0.05, 0) is 37.3 Å². The largest absolute Gasteiger partial charge is 0.484 e. The van der Waals surface area contributed by atoms with Crippen LogP contribution in [-0.2, 0) is 4.79 Å². The van der Waals surface area contributed by atoms with Gasteiger partial charge in [0.05, 0.1) is 0 Å². The van der Waals surface area contributed by atoms with Crippen LogP contribution in [0.25, 0.3) is 0 Å². The van der Waals surface area contributed by atoms with Crippen molar-refractivity contribution in [3.63, 3.8) is 0 Å². The molecule has 0 bridgehead atoms. The molecule has 1 aromatic heterocycles. The Morgan fingerprint density at radius 1 is 1.00 bits per heavy atom. The predicted molar refractivity (Wildman–Crippen MR) is 97.1 cm³/mol. The van der Waals surface area contributed by atoms with Gasteiger partial charge in [0.15, 0.2) is 6.61 Å². The molecule has 1 amide bonds. The fraction of sp³-hybridized carbons (Fsp3) is 0.105. The number of rotatable bonds is 6. The van der Waals surface area contributed by atoms with Crippen LogP contribution in [0.1, 0.15) is 5.69 Å². The Balaban J connectivity index is 1.58. The lowest BCUT2D eigenvalue weighted by atomic mass is 10.2. The highest BCUT2D eigenvalue weighted by Crippen LogP contribution is 2.19. The number of hydrogen-bond acceptors (Lipinski definition) is 5. The lowest BCUT2D eigenvalue weighted by Gasteiger charge is -2.10. The number of anilines is 3. The Labute approximate surface area is 145 Å². The second-order valence-corrected chi connectivity index (χ2v) is 5.40. The van der Waals surface area contributed by atoms with E-state index in [4.69, 9.17) is 4.74 Å². The lowest BCUT2D eigenvalue weighted by molar-refractivity contribution is -0.118. The predicted octanol–water partition coefficient (Wildman–Crippen LogP) is 3.55. The van der Waals surface area contributed by atoms with Crippen LogP contribution < -0.4 is 15.4 Å². The van der Waals surface area contributed by atoms with Crippen LogP contribution in [0.4, 0.5) is 17.2 Å². The van der Waals surface area contributed by atoms with E-state index in [1.807, 2.05) is 67.6 Å². The first-order valence-electron chi connectivity index (χ1n) is 7.82. The summed E-state index contributed by atoms with van der Waals surface area (Å²) in [5.41, 5.74) is 2.37. The number of nitrogens with zero attached hydrogens (tertiary/aromatic N) is 2. The van der Waals surface area contributed by atoms with E-state index >= 15 is 0 Å². The Hall–Kier alpha value is -3.41. The number of hydrogen-bond donors (Lipinski definition) is 2. The highest BCUT2D eigenvalue weighted by Gasteiger charge is 2.05. The quantitative estimate of drug-likeness (QED) is 0.721. The van der Waals surface area contributed by atoms with E-state index in [2.05, 4.69) is 20.6 Å². The highest BCUT2D eigenvalue weighted by atomic mass is 16.5. The molecule has 3 aromatic rings. The Kier molecular flexibility index (Phi) is 5.21. The van der Waals surface area contributed by atoms with Gasteiger partial charge in [0.25, 0.3) is 5.91 Å². The minimum atomic E-state index is -0.223. The minimum Gasteiger partial charge on any atom is -0.484 e. The summed E-state index contributed by atoms with van der Waals surface area (Å²) in [7, 11) is 0. The third-order valence-electron chi connectivity index (χ3n) is 3.34. The number of amides is 1. The van der Waals surface area contributed by atoms with Crippen LogP contribution in [0, 0.1) is 6.92 Å². The molecule has 0 spiro atoms. The minimum absolute atomic E-state index is 0.0488. The van der Waals surface area contributed by atoms with Crippen LogP contribution in [0.5, 0.6) is 5.75 Å². The lowest BCUT2D eigenvalue weighted by Crippen LogP contribution is -2.20. The van der Waals surface area contributed by atoms with Gasteiger partial charge >= 0.3 is 0 Å². The fourth-order valence-electron chi connectivity index (χ4n) is 2.21. The average Bonchev–Trinajstić information content (AvgIpc) is 2.61. The third kappa shape index (κ3) is 5.04. The summed E-state index contributed by atoms with van der Waals surface area (Å²) in [6, 6.07) is 18.5. The van der Waals surface area contributed by atoms with E-state index in [0.717, 1.165) is 11.4 Å². The zero-order chi connectivity index (χ0) is 17.5. The van der Waals surface area contributed by atoms with Crippen LogP contribution in [0.3, 0.4) is 0 Å². The highest BCUT2D eigenvalue weighted by molar-refractivity contribution is 5.92. The van der Waals surface area contributed by atoms with Crippen LogP contribution in [0.15, 0.2) is 67.0 Å². The average molecular weight is 334 g/mol. The first kappa shape index (κ1) is 16.4. The normalized spacial score (nSPS) is 10.1. The molecule has 126 valence electrons. The standard InChI is InChI=1S/C19H18N4O2/c1-14-10-18(21-13-20-14)22-15-6-5-7-16(11-15)23-19(24)12-25-17-8-3-2-4-9-17/h2-11,13H,12H2,1H3,(H,23,24)(H,20,21,22). The van der Waals surface area contributed by atoms with Crippen molar-refractivity contribution < 1.29 is 9.53 Å². The van der Waals surface area contributed by atoms with Crippen molar-refractivity contribution in [2.24, 2.45) is 0 Å². The maximum absolute atomic E-state index is 12.0. The second-order valence-electron chi connectivity index (χ2n) is 5.40. The first-order valence-corrected chi connectivity index (χ1v) is 7.82. The smallest absolute Gasteiger partial charge is 0.262 e. The molecule has 25 heavy (non-hydrogen) atoms. The summed E-state index contributed by atoms with van der Waals surface area (Å²) in [5.74, 6) is 1.13. The molecule has 0 radical (unpaired) electrons. The van der Waals surface area contributed by atoms with Crippen LogP contribution >= 0.6 is 0 Å². The molecular formula is C19H18N4O2. The number of aromatic nitrogens is 2. The van der Waals surface area contributed by atoms with Crippen molar-refractivity contribution in [3.05, 3.63) is 72.7 Å². The molecule has 0 aliphatic carbocycles. The summed E-state index contributed by atoms with van der Waals surface area (Å²) in [6.07, 6.45) is 1.50. The molecule has 0 saturated carbocycles. The molecule has 6 nitrogen and oxygen atoms in total. The van der Waals surface area contributed by atoms with E-state index in [1.54, 1.807) is 0 Å². The van der Waals surface area contributed by atoms with Crippen molar-refractivity contribution in [3.8, 4) is 5.75 Å². The van der Waals surface area contributed by atoms with Gasteiger partial charge in [0.2, 0.25) is 0 Å². The van der Waals surface area contributed by atoms with Gasteiger partial charge in [-0.25, -0.2) is 9.97 Å². The molecule has 0 aliphatic heterocycles. The molecular weight excluding hydrogens is 316 g/mol. The number of carbonyl (C=O) groups is 1. The molecule has 0 unspecified atom stereocenters. The van der Waals surface area contributed by atoms with Crippen molar-refractivity contribution in [2.75, 3.05) is 17.2 Å². The SMILES string of the molecule is Cc1cc(Nc2cccc(NC(=O)COc3ccccc3)c2)ncn1. The molecule has 2 N–H and O–H groups in total. The summed E-state index contributed by atoms with van der Waals surface area (Å²) in [5, 5.41) is 6.00. The van der Waals surface area contributed by atoms with Crippen molar-refractivity contribution in [1.29, 1.82) is 0 Å². The summed E-state index contributed by atoms with van der Waals surface area (Å²) in [4.78, 5) is 20.2. The van der Waals surface area contributed by atoms with Crippen LogP contribution in [0.2, 0.25) is 0 Å². The van der Waals surface area contributed by atoms with E-state index < -0.39 is 0 Å². The Morgan fingerprint density at radius 2 is 1.80 bits per heavy atom. The van der Waals surface area contributed by atoms with Gasteiger partial charge < -0.3 is 15.4 Å². The maximum atomic E-state index is 12.0. The fourth-order valence-corrected chi connectivity index (χ4v) is 2.21. The topological polar surface area (TPSA) is 76.1 Å². The van der Waals surface area contributed by atoms with Crippen molar-refractivity contribution in [1.82, 2.24) is 9.97 Å². The van der Waals surface area contributed by atoms with E-state index in [-0.39, 0.29) is 12.5 Å². The van der Waals surface area contributed by atoms with Gasteiger partial charge in [-0.3, -0.25) is 4.79 Å². The van der Waals surface area contributed by atoms with E-state index in [9.17, 15) is 4.79 Å². The maximum Gasteiger partial charge on any atom is 0.262 e. The third-order valence-corrected chi connectivity index (χ3v) is 3.34. The van der Waals surface area contributed by atoms with Crippen LogP contribution in [-0.4, -0.2) is 22.5 Å². The van der Waals surface area contributed by atoms with Crippen molar-refractivity contribution >= 4 is 23.1 Å². The number of ether oxygens (including phenoxy) is 1. The van der Waals surface area contributed by atoms with Crippen molar-refractivity contribution in [2.45, 2.75) is 6.92 Å². The summed E-state index contributed by atoms with van der Waals surface area (Å²) in [6.45, 7) is 1.85. The van der Waals surface area contributed by atoms with Gasteiger partial charge in [-0.1, -0.05) is 24.3 Å². The van der Waals surface area contributed by atoms with E-state index in [0.29, 0.717) is 17.3 Å². The second kappa shape index (κ2) is 7.92. The molecule has 0 fully saturated rings. The molecule has 2 aromatic carbocycles. The summed E-state index contributed by atoms with van der Waals surface area (Å²) < 4.78 is 5.43. The monoisotopic (exact) mass is 334 g/mol. The van der Waals surface area contributed by atoms with Gasteiger partial charge in [0.1, 0.15) is 17.9 Å². The summed E-state index contributed by atoms with van der Waals surface area (Å²) >= 11 is 0. The first-order chi connectivity index (χ1) is 12.2. The Morgan fingerprint density at radius 3 is 2.60 bits per heavy atom. The molecule has 1 heterocycles. The zero-order valence-corrected chi connectivity index (χ0v) is 13.8. The number of aryl methyl sites for hydroxylation is 1. The molecule has 3 rings (SSSR count). The molecule has 0 atom stereocenters.